The highest BCUT2D eigenvalue weighted by Crippen LogP contribution is 2.29. The third-order valence-corrected chi connectivity index (χ3v) is 6.05. The molecule has 0 aromatic heterocycles. The highest BCUT2D eigenvalue weighted by atomic mass is 79.9. The molecule has 7 heteroatoms. The normalized spacial score (nSPS) is 21.9. The highest BCUT2D eigenvalue weighted by molar-refractivity contribution is 9.10. The van der Waals surface area contributed by atoms with Gasteiger partial charge in [-0.1, -0.05) is 11.6 Å². The Bertz CT molecular complexity index is 535. The number of nitrogens with zero attached hydrogens (tertiary/aromatic N) is 1. The molecule has 1 fully saturated rings. The van der Waals surface area contributed by atoms with Crippen molar-refractivity contribution < 1.29 is 8.42 Å². The van der Waals surface area contributed by atoms with Crippen LogP contribution in [0.4, 0.5) is 0 Å². The van der Waals surface area contributed by atoms with Crippen LogP contribution in [0.2, 0.25) is 5.02 Å². The van der Waals surface area contributed by atoms with Crippen LogP contribution in [0, 0.1) is 0 Å². The molecule has 2 rings (SSSR count). The summed E-state index contributed by atoms with van der Waals surface area (Å²) in [6.45, 7) is 0.834. The second kappa shape index (κ2) is 5.05. The van der Waals surface area contributed by atoms with Crippen LogP contribution in [0.25, 0.3) is 0 Å². The van der Waals surface area contributed by atoms with Crippen molar-refractivity contribution in [3.05, 3.63) is 27.7 Å². The first kappa shape index (κ1) is 13.6. The Morgan fingerprint density at radius 1 is 1.41 bits per heavy atom. The Labute approximate surface area is 119 Å². The fraction of sp³-hybridized carbons (Fsp3) is 0.400. The maximum absolute atomic E-state index is 12.2. The summed E-state index contributed by atoms with van der Waals surface area (Å²) in [5.74, 6) is 0. The average molecular weight is 359 g/mol. The SMILES string of the molecule is O=S(=O)(c1ccc(Cl)c(Br)c1)N1CCC(Cl)C1. The van der Waals surface area contributed by atoms with E-state index in [0.717, 1.165) is 0 Å². The minimum atomic E-state index is -3.45. The summed E-state index contributed by atoms with van der Waals surface area (Å²) in [5, 5.41) is 0.390. The molecule has 1 unspecified atom stereocenters. The summed E-state index contributed by atoms with van der Waals surface area (Å²) in [6, 6.07) is 4.58. The van der Waals surface area contributed by atoms with Crippen molar-refractivity contribution in [2.75, 3.05) is 13.1 Å². The van der Waals surface area contributed by atoms with Crippen LogP contribution in [0.5, 0.6) is 0 Å². The lowest BCUT2D eigenvalue weighted by Crippen LogP contribution is -2.29. The van der Waals surface area contributed by atoms with Gasteiger partial charge in [0.05, 0.1) is 9.92 Å². The van der Waals surface area contributed by atoms with E-state index in [4.69, 9.17) is 23.2 Å². The van der Waals surface area contributed by atoms with Gasteiger partial charge in [-0.2, -0.15) is 4.31 Å². The van der Waals surface area contributed by atoms with E-state index in [-0.39, 0.29) is 10.3 Å². The molecule has 1 heterocycles. The summed E-state index contributed by atoms with van der Waals surface area (Å²) in [5.41, 5.74) is 0. The quantitative estimate of drug-likeness (QED) is 0.762. The van der Waals surface area contributed by atoms with Crippen LogP contribution in [0.15, 0.2) is 27.6 Å². The number of rotatable bonds is 2. The Morgan fingerprint density at radius 3 is 2.65 bits per heavy atom. The lowest BCUT2D eigenvalue weighted by molar-refractivity contribution is 0.478. The molecule has 94 valence electrons. The zero-order valence-electron chi connectivity index (χ0n) is 8.74. The monoisotopic (exact) mass is 357 g/mol. The molecule has 1 atom stereocenters. The van der Waals surface area contributed by atoms with Crippen LogP contribution in [-0.4, -0.2) is 31.2 Å². The Hall–Kier alpha value is 0.190. The fourth-order valence-electron chi connectivity index (χ4n) is 1.69. The van der Waals surface area contributed by atoms with Gasteiger partial charge in [0.2, 0.25) is 10.0 Å². The number of sulfonamides is 1. The molecule has 0 N–H and O–H groups in total. The second-order valence-electron chi connectivity index (χ2n) is 3.82. The number of benzene rings is 1. The minimum absolute atomic E-state index is 0.0967. The van der Waals surface area contributed by atoms with E-state index in [2.05, 4.69) is 15.9 Å². The average Bonchev–Trinajstić information content (AvgIpc) is 2.69. The zero-order chi connectivity index (χ0) is 12.6. The van der Waals surface area contributed by atoms with E-state index >= 15 is 0 Å². The first-order valence-electron chi connectivity index (χ1n) is 5.00. The van der Waals surface area contributed by atoms with Gasteiger partial charge in [-0.3, -0.25) is 0 Å². The van der Waals surface area contributed by atoms with E-state index in [0.29, 0.717) is 29.0 Å². The van der Waals surface area contributed by atoms with Crippen LogP contribution in [0.1, 0.15) is 6.42 Å². The molecule has 0 saturated carbocycles. The third-order valence-electron chi connectivity index (χ3n) is 2.62. The van der Waals surface area contributed by atoms with Crippen molar-refractivity contribution in [3.8, 4) is 0 Å². The van der Waals surface area contributed by atoms with Gasteiger partial charge < -0.3 is 0 Å². The molecule has 1 aliphatic heterocycles. The smallest absolute Gasteiger partial charge is 0.207 e. The third kappa shape index (κ3) is 2.79. The maximum atomic E-state index is 12.2. The Kier molecular flexibility index (Phi) is 4.05. The standard InChI is InChI=1S/C10H10BrCl2NO2S/c11-9-5-8(1-2-10(9)13)17(15,16)14-4-3-7(12)6-14/h1-2,5,7H,3-4,6H2. The summed E-state index contributed by atoms with van der Waals surface area (Å²) in [4.78, 5) is 0.236. The number of hydrogen-bond donors (Lipinski definition) is 0. The van der Waals surface area contributed by atoms with E-state index in [1.165, 1.54) is 16.4 Å². The summed E-state index contributed by atoms with van der Waals surface area (Å²) in [6.07, 6.45) is 0.690. The summed E-state index contributed by atoms with van der Waals surface area (Å²) >= 11 is 15.0. The molecule has 1 aliphatic rings. The molecule has 0 aliphatic carbocycles. The maximum Gasteiger partial charge on any atom is 0.243 e. The van der Waals surface area contributed by atoms with Gasteiger partial charge in [-0.25, -0.2) is 8.42 Å². The predicted molar refractivity (Wildman–Crippen MR) is 72.2 cm³/mol. The molecular weight excluding hydrogens is 349 g/mol. The van der Waals surface area contributed by atoms with Crippen molar-refractivity contribution >= 4 is 49.2 Å². The molecule has 0 radical (unpaired) electrons. The molecule has 1 aromatic rings. The van der Waals surface area contributed by atoms with E-state index in [1.807, 2.05) is 0 Å². The summed E-state index contributed by atoms with van der Waals surface area (Å²) < 4.78 is 26.5. The van der Waals surface area contributed by atoms with Crippen LogP contribution < -0.4 is 0 Å². The Balaban J connectivity index is 2.35. The van der Waals surface area contributed by atoms with Gasteiger partial charge in [-0.15, -0.1) is 11.6 Å². The van der Waals surface area contributed by atoms with Gasteiger partial charge in [0.25, 0.3) is 0 Å². The van der Waals surface area contributed by atoms with E-state index in [9.17, 15) is 8.42 Å². The fourth-order valence-corrected chi connectivity index (χ4v) is 4.21. The van der Waals surface area contributed by atoms with Gasteiger partial charge in [-0.05, 0) is 40.5 Å². The van der Waals surface area contributed by atoms with Crippen molar-refractivity contribution in [2.24, 2.45) is 0 Å². The lowest BCUT2D eigenvalue weighted by atomic mass is 10.4. The number of halogens is 3. The van der Waals surface area contributed by atoms with Gasteiger partial charge >= 0.3 is 0 Å². The second-order valence-corrected chi connectivity index (χ2v) is 7.64. The molecular formula is C10H10BrCl2NO2S. The van der Waals surface area contributed by atoms with Crippen LogP contribution in [-0.2, 0) is 10.0 Å². The topological polar surface area (TPSA) is 37.4 Å². The molecule has 17 heavy (non-hydrogen) atoms. The highest BCUT2D eigenvalue weighted by Gasteiger charge is 2.31. The first-order chi connectivity index (χ1) is 7.91. The van der Waals surface area contributed by atoms with E-state index in [1.54, 1.807) is 6.07 Å². The molecule has 0 bridgehead atoms. The molecule has 0 spiro atoms. The molecule has 1 saturated heterocycles. The van der Waals surface area contributed by atoms with Crippen LogP contribution in [0.3, 0.4) is 0 Å². The van der Waals surface area contributed by atoms with Crippen molar-refractivity contribution in [2.45, 2.75) is 16.7 Å². The van der Waals surface area contributed by atoms with Crippen LogP contribution >= 0.6 is 39.1 Å². The van der Waals surface area contributed by atoms with Gasteiger partial charge in [0.15, 0.2) is 0 Å². The van der Waals surface area contributed by atoms with Gasteiger partial charge in [0.1, 0.15) is 0 Å². The van der Waals surface area contributed by atoms with E-state index < -0.39 is 10.0 Å². The predicted octanol–water partition coefficient (Wildman–Crippen LogP) is 3.10. The van der Waals surface area contributed by atoms with Gasteiger partial charge in [0, 0.05) is 22.9 Å². The summed E-state index contributed by atoms with van der Waals surface area (Å²) in [7, 11) is -3.45. The largest absolute Gasteiger partial charge is 0.243 e. The van der Waals surface area contributed by atoms with Crippen molar-refractivity contribution in [3.63, 3.8) is 0 Å². The van der Waals surface area contributed by atoms with Crippen molar-refractivity contribution in [1.82, 2.24) is 4.31 Å². The molecule has 3 nitrogen and oxygen atoms in total. The Morgan fingerprint density at radius 2 is 2.12 bits per heavy atom. The first-order valence-corrected chi connectivity index (χ1v) is 8.05. The number of alkyl halides is 1. The lowest BCUT2D eigenvalue weighted by Gasteiger charge is -2.16. The minimum Gasteiger partial charge on any atom is -0.207 e. The molecule has 1 aromatic carbocycles. The molecule has 0 amide bonds. The number of hydrogen-bond acceptors (Lipinski definition) is 2. The van der Waals surface area contributed by atoms with Crippen molar-refractivity contribution in [1.29, 1.82) is 0 Å². The zero-order valence-corrected chi connectivity index (χ0v) is 12.7.